The van der Waals surface area contributed by atoms with Crippen molar-refractivity contribution in [2.75, 3.05) is 18.7 Å². The largest absolute Gasteiger partial charge is 0.503 e. The van der Waals surface area contributed by atoms with Crippen molar-refractivity contribution in [3.8, 4) is 11.5 Å². The minimum Gasteiger partial charge on any atom is -0.503 e. The van der Waals surface area contributed by atoms with Gasteiger partial charge in [-0.25, -0.2) is 4.79 Å². The van der Waals surface area contributed by atoms with Gasteiger partial charge in [-0.15, -0.1) is 0 Å². The standard InChI is InChI=1S/C41H42N2O10/c1-26(43(21-11-14-27-12-7-5-8-13-27)39(48)37(46)32(24-36(44)45)40(49)53-41(2,3)4)31(28-17-19-33-35(22-28)51-25-50-33)23-30-18-20-34(52-30)38(47)42-29-15-9-6-10-16-29/h5-20,22,26,31,46H,21,23-25H2,1-4H3,(H,42,47)(H,44,45)/b14-11+,37-32+/t26-,31+/m1/s1. The highest BCUT2D eigenvalue weighted by Crippen LogP contribution is 2.38. The van der Waals surface area contributed by atoms with Gasteiger partial charge in [-0.3, -0.25) is 14.4 Å². The number of carbonyl (C=O) groups is 4. The summed E-state index contributed by atoms with van der Waals surface area (Å²) in [5.41, 5.74) is 0.472. The van der Waals surface area contributed by atoms with Gasteiger partial charge in [0.2, 0.25) is 6.79 Å². The van der Waals surface area contributed by atoms with Crippen LogP contribution in [0.1, 0.15) is 67.5 Å². The number of para-hydroxylation sites is 1. The third-order valence-corrected chi connectivity index (χ3v) is 8.37. The van der Waals surface area contributed by atoms with Crippen LogP contribution in [-0.2, 0) is 25.5 Å². The summed E-state index contributed by atoms with van der Waals surface area (Å²) in [7, 11) is 0. The number of benzene rings is 3. The molecule has 1 aromatic heterocycles. The number of esters is 1. The first-order valence-electron chi connectivity index (χ1n) is 17.0. The molecule has 0 fully saturated rings. The molecule has 2 heterocycles. The molecule has 0 aliphatic carbocycles. The monoisotopic (exact) mass is 722 g/mol. The highest BCUT2D eigenvalue weighted by Gasteiger charge is 2.35. The van der Waals surface area contributed by atoms with Crippen molar-refractivity contribution in [3.63, 3.8) is 0 Å². The van der Waals surface area contributed by atoms with Gasteiger partial charge in [0.05, 0.1) is 12.0 Å². The number of fused-ring (bicyclic) bond motifs is 1. The van der Waals surface area contributed by atoms with E-state index in [4.69, 9.17) is 18.6 Å². The molecule has 1 aliphatic heterocycles. The molecule has 0 radical (unpaired) electrons. The maximum absolute atomic E-state index is 14.3. The van der Waals surface area contributed by atoms with Crippen LogP contribution in [0.4, 0.5) is 5.69 Å². The number of rotatable bonds is 14. The predicted octanol–water partition coefficient (Wildman–Crippen LogP) is 7.15. The van der Waals surface area contributed by atoms with Crippen molar-refractivity contribution in [2.24, 2.45) is 0 Å². The van der Waals surface area contributed by atoms with Gasteiger partial charge in [0.15, 0.2) is 23.0 Å². The van der Waals surface area contributed by atoms with E-state index in [9.17, 15) is 29.4 Å². The van der Waals surface area contributed by atoms with Gasteiger partial charge in [-0.1, -0.05) is 66.7 Å². The number of amides is 2. The molecule has 3 N–H and O–H groups in total. The SMILES string of the molecule is C[C@H]([C@H](Cc1ccc(C(=O)Nc2ccccc2)o1)c1ccc2c(c1)OCO2)N(C/C=C/c1ccccc1)C(=O)/C(O)=C(/CC(=O)O)C(=O)OC(C)(C)C. The lowest BCUT2D eigenvalue weighted by Gasteiger charge is -2.34. The molecule has 0 spiro atoms. The number of carboxylic acids is 1. The zero-order valence-corrected chi connectivity index (χ0v) is 29.9. The second-order valence-corrected chi connectivity index (χ2v) is 13.4. The van der Waals surface area contributed by atoms with Gasteiger partial charge in [0.25, 0.3) is 11.8 Å². The van der Waals surface area contributed by atoms with Gasteiger partial charge in [0.1, 0.15) is 11.4 Å². The summed E-state index contributed by atoms with van der Waals surface area (Å²) < 4.78 is 22.6. The lowest BCUT2D eigenvalue weighted by Crippen LogP contribution is -2.44. The van der Waals surface area contributed by atoms with Crippen LogP contribution in [0.25, 0.3) is 6.08 Å². The number of aliphatic carboxylic acids is 1. The van der Waals surface area contributed by atoms with Crippen molar-refractivity contribution < 1.29 is 48.0 Å². The Labute approximate surface area is 307 Å². The van der Waals surface area contributed by atoms with Crippen molar-refractivity contribution in [2.45, 2.75) is 58.1 Å². The van der Waals surface area contributed by atoms with E-state index in [1.165, 1.54) is 4.90 Å². The number of aliphatic hydroxyl groups excluding tert-OH is 1. The fraction of sp³-hybridized carbons (Fsp3) is 0.268. The second-order valence-electron chi connectivity index (χ2n) is 13.4. The summed E-state index contributed by atoms with van der Waals surface area (Å²) >= 11 is 0. The number of furan rings is 1. The Balaban J connectivity index is 1.53. The normalized spacial score (nSPS) is 13.9. The van der Waals surface area contributed by atoms with Crippen molar-refractivity contribution >= 4 is 35.5 Å². The maximum Gasteiger partial charge on any atom is 0.339 e. The van der Waals surface area contributed by atoms with Gasteiger partial charge in [-0.05, 0) is 75.2 Å². The zero-order valence-electron chi connectivity index (χ0n) is 29.9. The van der Waals surface area contributed by atoms with Gasteiger partial charge >= 0.3 is 11.9 Å². The van der Waals surface area contributed by atoms with Crippen molar-refractivity contribution in [1.82, 2.24) is 4.90 Å². The number of ether oxygens (including phenoxy) is 3. The number of anilines is 1. The minimum atomic E-state index is -1.43. The topological polar surface area (TPSA) is 165 Å². The summed E-state index contributed by atoms with van der Waals surface area (Å²) in [6.07, 6.45) is 2.78. The quantitative estimate of drug-likeness (QED) is 0.0692. The Morgan fingerprint density at radius 2 is 1.58 bits per heavy atom. The Kier molecular flexibility index (Phi) is 12.0. The Hall–Kier alpha value is -6.30. The predicted molar refractivity (Wildman–Crippen MR) is 197 cm³/mol. The number of hydrogen-bond donors (Lipinski definition) is 3. The number of carboxylic acid groups (broad SMARTS) is 1. The number of nitrogens with zero attached hydrogens (tertiary/aromatic N) is 1. The second kappa shape index (κ2) is 16.8. The van der Waals surface area contributed by atoms with E-state index in [1.807, 2.05) is 42.5 Å². The third kappa shape index (κ3) is 10.2. The van der Waals surface area contributed by atoms with Crippen LogP contribution in [-0.4, -0.2) is 63.8 Å². The lowest BCUT2D eigenvalue weighted by molar-refractivity contribution is -0.152. The molecular formula is C41H42N2O10. The smallest absolute Gasteiger partial charge is 0.339 e. The van der Waals surface area contributed by atoms with E-state index >= 15 is 0 Å². The summed E-state index contributed by atoms with van der Waals surface area (Å²) in [6, 6.07) is 26.2. The van der Waals surface area contributed by atoms with Gasteiger partial charge in [0, 0.05) is 30.6 Å². The molecule has 12 heteroatoms. The molecule has 0 saturated carbocycles. The molecule has 53 heavy (non-hydrogen) atoms. The summed E-state index contributed by atoms with van der Waals surface area (Å²) in [5, 5.41) is 23.8. The molecule has 4 aromatic rings. The third-order valence-electron chi connectivity index (χ3n) is 8.37. The fourth-order valence-corrected chi connectivity index (χ4v) is 5.78. The molecule has 2 amide bonds. The van der Waals surface area contributed by atoms with E-state index in [0.717, 1.165) is 11.1 Å². The molecule has 276 valence electrons. The number of aliphatic hydroxyl groups is 1. The zero-order chi connectivity index (χ0) is 38.1. The van der Waals surface area contributed by atoms with E-state index in [2.05, 4.69) is 5.32 Å². The van der Waals surface area contributed by atoms with Crippen LogP contribution in [0.5, 0.6) is 11.5 Å². The molecule has 5 rings (SSSR count). The molecule has 0 unspecified atom stereocenters. The highest BCUT2D eigenvalue weighted by molar-refractivity contribution is 6.04. The molecule has 0 bridgehead atoms. The van der Waals surface area contributed by atoms with E-state index in [0.29, 0.717) is 22.9 Å². The Bertz CT molecular complexity index is 1990. The van der Waals surface area contributed by atoms with E-state index in [1.54, 1.807) is 88.4 Å². The van der Waals surface area contributed by atoms with Crippen LogP contribution in [0.3, 0.4) is 0 Å². The summed E-state index contributed by atoms with van der Waals surface area (Å²) in [6.45, 7) is 6.54. The molecule has 2 atom stereocenters. The Morgan fingerprint density at radius 1 is 0.906 bits per heavy atom. The number of carbonyl (C=O) groups excluding carboxylic acids is 3. The maximum atomic E-state index is 14.3. The number of nitrogens with one attached hydrogen (secondary N) is 1. The van der Waals surface area contributed by atoms with Crippen LogP contribution in [0.15, 0.2) is 113 Å². The average molecular weight is 723 g/mol. The first-order valence-corrected chi connectivity index (χ1v) is 17.0. The number of hydrogen-bond acceptors (Lipinski definition) is 9. The lowest BCUT2D eigenvalue weighted by atomic mass is 9.87. The van der Waals surface area contributed by atoms with Crippen LogP contribution in [0, 0.1) is 0 Å². The van der Waals surface area contributed by atoms with Crippen molar-refractivity contribution in [3.05, 3.63) is 131 Å². The first-order chi connectivity index (χ1) is 25.3. The molecule has 12 nitrogen and oxygen atoms in total. The van der Waals surface area contributed by atoms with Crippen LogP contribution >= 0.6 is 0 Å². The molecule has 1 aliphatic rings. The highest BCUT2D eigenvalue weighted by atomic mass is 16.7. The van der Waals surface area contributed by atoms with Gasteiger partial charge < -0.3 is 39.1 Å². The van der Waals surface area contributed by atoms with E-state index in [-0.39, 0.29) is 25.5 Å². The molecule has 3 aromatic carbocycles. The summed E-state index contributed by atoms with van der Waals surface area (Å²) in [4.78, 5) is 53.7. The molecule has 0 saturated heterocycles. The van der Waals surface area contributed by atoms with E-state index < -0.39 is 59.1 Å². The average Bonchev–Trinajstić information content (AvgIpc) is 3.80. The summed E-state index contributed by atoms with van der Waals surface area (Å²) in [5.74, 6) is -4.00. The van der Waals surface area contributed by atoms with Crippen LogP contribution < -0.4 is 14.8 Å². The fourth-order valence-electron chi connectivity index (χ4n) is 5.78. The van der Waals surface area contributed by atoms with Crippen LogP contribution in [0.2, 0.25) is 0 Å². The Morgan fingerprint density at radius 3 is 2.26 bits per heavy atom. The van der Waals surface area contributed by atoms with Crippen molar-refractivity contribution in [1.29, 1.82) is 0 Å². The first kappa shape index (κ1) is 37.9. The molecular weight excluding hydrogens is 680 g/mol. The minimum absolute atomic E-state index is 0.0433. The van der Waals surface area contributed by atoms with Gasteiger partial charge in [-0.2, -0.15) is 0 Å².